The van der Waals surface area contributed by atoms with E-state index in [1.807, 2.05) is 6.07 Å². The fraction of sp³-hybridized carbons (Fsp3) is 0.455. The Kier molecular flexibility index (Phi) is 4.93. The highest BCUT2D eigenvalue weighted by Gasteiger charge is 2.10. The van der Waals surface area contributed by atoms with Crippen molar-refractivity contribution in [3.8, 4) is 6.07 Å². The number of nitrogens with two attached hydrogens (primary N) is 1. The monoisotopic (exact) mass is 236 g/mol. The van der Waals surface area contributed by atoms with Gasteiger partial charge in [-0.1, -0.05) is 6.92 Å². The summed E-state index contributed by atoms with van der Waals surface area (Å²) < 4.78 is 0. The maximum atomic E-state index is 8.85. The highest BCUT2D eigenvalue weighted by Crippen LogP contribution is 2.20. The highest BCUT2D eigenvalue weighted by molar-refractivity contribution is 7.98. The standard InChI is InChI=1S/C11H16N4S/c1-3-9(7-16-2)15-11-10(13)8(6-12)4-5-14-11/h4-5,9H,3,7,13H2,1-2H3,(H,14,15). The molecular formula is C11H16N4S. The Morgan fingerprint density at radius 3 is 3.00 bits per heavy atom. The van der Waals surface area contributed by atoms with Gasteiger partial charge in [-0.05, 0) is 18.7 Å². The molecule has 5 heteroatoms. The average molecular weight is 236 g/mol. The van der Waals surface area contributed by atoms with Gasteiger partial charge in [0.2, 0.25) is 0 Å². The van der Waals surface area contributed by atoms with E-state index in [0.29, 0.717) is 23.1 Å². The molecule has 0 bridgehead atoms. The van der Waals surface area contributed by atoms with E-state index in [9.17, 15) is 0 Å². The lowest BCUT2D eigenvalue weighted by atomic mass is 10.2. The lowest BCUT2D eigenvalue weighted by molar-refractivity contribution is 0.770. The summed E-state index contributed by atoms with van der Waals surface area (Å²) in [6.07, 6.45) is 4.66. The molecule has 0 spiro atoms. The van der Waals surface area contributed by atoms with Crippen molar-refractivity contribution in [1.82, 2.24) is 4.98 Å². The van der Waals surface area contributed by atoms with Crippen LogP contribution in [0.15, 0.2) is 12.3 Å². The molecule has 1 unspecified atom stereocenters. The van der Waals surface area contributed by atoms with Crippen LogP contribution < -0.4 is 11.1 Å². The minimum Gasteiger partial charge on any atom is -0.395 e. The number of anilines is 2. The van der Waals surface area contributed by atoms with E-state index in [4.69, 9.17) is 11.0 Å². The van der Waals surface area contributed by atoms with Crippen molar-refractivity contribution in [2.45, 2.75) is 19.4 Å². The van der Waals surface area contributed by atoms with Gasteiger partial charge in [0, 0.05) is 18.0 Å². The Hall–Kier alpha value is -1.41. The Morgan fingerprint density at radius 2 is 2.44 bits per heavy atom. The van der Waals surface area contributed by atoms with Crippen molar-refractivity contribution >= 4 is 23.3 Å². The molecule has 0 amide bonds. The molecule has 0 saturated heterocycles. The predicted molar refractivity (Wildman–Crippen MR) is 69.4 cm³/mol. The smallest absolute Gasteiger partial charge is 0.150 e. The number of nitrogens with one attached hydrogen (secondary N) is 1. The molecule has 0 saturated carbocycles. The first-order valence-corrected chi connectivity index (χ1v) is 6.52. The van der Waals surface area contributed by atoms with Gasteiger partial charge < -0.3 is 11.1 Å². The van der Waals surface area contributed by atoms with Gasteiger partial charge in [-0.3, -0.25) is 0 Å². The largest absolute Gasteiger partial charge is 0.395 e. The molecule has 0 aromatic carbocycles. The quantitative estimate of drug-likeness (QED) is 0.818. The first kappa shape index (κ1) is 12.7. The third kappa shape index (κ3) is 3.04. The molecule has 1 aromatic heterocycles. The lowest BCUT2D eigenvalue weighted by Gasteiger charge is -2.17. The van der Waals surface area contributed by atoms with Crippen LogP contribution in [0.5, 0.6) is 0 Å². The molecular weight excluding hydrogens is 220 g/mol. The van der Waals surface area contributed by atoms with Crippen molar-refractivity contribution in [3.05, 3.63) is 17.8 Å². The number of nitrogens with zero attached hydrogens (tertiary/aromatic N) is 2. The molecule has 1 aromatic rings. The topological polar surface area (TPSA) is 74.7 Å². The number of hydrogen-bond acceptors (Lipinski definition) is 5. The number of thioether (sulfide) groups is 1. The zero-order valence-electron chi connectivity index (χ0n) is 9.53. The lowest BCUT2D eigenvalue weighted by Crippen LogP contribution is -2.22. The Bertz CT molecular complexity index is 386. The summed E-state index contributed by atoms with van der Waals surface area (Å²) in [6.45, 7) is 2.11. The van der Waals surface area contributed by atoms with Gasteiger partial charge in [0.15, 0.2) is 5.82 Å². The van der Waals surface area contributed by atoms with Crippen LogP contribution in [-0.2, 0) is 0 Å². The van der Waals surface area contributed by atoms with Crippen molar-refractivity contribution in [2.24, 2.45) is 0 Å². The van der Waals surface area contributed by atoms with Crippen LogP contribution >= 0.6 is 11.8 Å². The minimum atomic E-state index is 0.332. The van der Waals surface area contributed by atoms with Gasteiger partial charge >= 0.3 is 0 Å². The summed E-state index contributed by atoms with van der Waals surface area (Å²) in [4.78, 5) is 4.16. The maximum Gasteiger partial charge on any atom is 0.150 e. The highest BCUT2D eigenvalue weighted by atomic mass is 32.2. The van der Waals surface area contributed by atoms with Crippen LogP contribution in [0.25, 0.3) is 0 Å². The summed E-state index contributed by atoms with van der Waals surface area (Å²) in [6, 6.07) is 4.00. The average Bonchev–Trinajstić information content (AvgIpc) is 2.31. The molecule has 1 rings (SSSR count). The van der Waals surface area contributed by atoms with Crippen LogP contribution in [0, 0.1) is 11.3 Å². The second-order valence-corrected chi connectivity index (χ2v) is 4.35. The van der Waals surface area contributed by atoms with Crippen LogP contribution in [0.1, 0.15) is 18.9 Å². The SMILES string of the molecule is CCC(CSC)Nc1nccc(C#N)c1N. The molecule has 0 aliphatic heterocycles. The van der Waals surface area contributed by atoms with Crippen LogP contribution in [-0.4, -0.2) is 23.0 Å². The van der Waals surface area contributed by atoms with E-state index < -0.39 is 0 Å². The molecule has 16 heavy (non-hydrogen) atoms. The number of rotatable bonds is 5. The molecule has 0 radical (unpaired) electrons. The third-order valence-corrected chi connectivity index (χ3v) is 3.05. The molecule has 0 aliphatic rings. The Morgan fingerprint density at radius 1 is 1.69 bits per heavy atom. The van der Waals surface area contributed by atoms with Crippen molar-refractivity contribution in [1.29, 1.82) is 5.26 Å². The second-order valence-electron chi connectivity index (χ2n) is 3.44. The van der Waals surface area contributed by atoms with E-state index in [1.54, 1.807) is 24.0 Å². The number of aromatic nitrogens is 1. The van der Waals surface area contributed by atoms with Gasteiger partial charge in [0.05, 0.1) is 11.3 Å². The summed E-state index contributed by atoms with van der Waals surface area (Å²) in [5.74, 6) is 1.61. The minimum absolute atomic E-state index is 0.332. The van der Waals surface area contributed by atoms with Gasteiger partial charge in [-0.15, -0.1) is 0 Å². The number of nitriles is 1. The van der Waals surface area contributed by atoms with Crippen LogP contribution in [0.2, 0.25) is 0 Å². The molecule has 0 aliphatic carbocycles. The number of pyridine rings is 1. The fourth-order valence-electron chi connectivity index (χ4n) is 1.34. The zero-order valence-corrected chi connectivity index (χ0v) is 10.3. The van der Waals surface area contributed by atoms with Crippen LogP contribution in [0.3, 0.4) is 0 Å². The first-order valence-electron chi connectivity index (χ1n) is 5.13. The molecule has 3 N–H and O–H groups in total. The summed E-state index contributed by atoms with van der Waals surface area (Å²) >= 11 is 1.77. The van der Waals surface area contributed by atoms with Gasteiger partial charge in [-0.2, -0.15) is 17.0 Å². The number of nitrogen functional groups attached to an aromatic ring is 1. The van der Waals surface area contributed by atoms with Gasteiger partial charge in [-0.25, -0.2) is 4.98 Å². The zero-order chi connectivity index (χ0) is 12.0. The van der Waals surface area contributed by atoms with Crippen molar-refractivity contribution in [3.63, 3.8) is 0 Å². The van der Waals surface area contributed by atoms with E-state index in [0.717, 1.165) is 12.2 Å². The second kappa shape index (κ2) is 6.23. The number of hydrogen-bond donors (Lipinski definition) is 2. The Balaban J connectivity index is 2.84. The molecule has 4 nitrogen and oxygen atoms in total. The van der Waals surface area contributed by atoms with Crippen molar-refractivity contribution < 1.29 is 0 Å². The van der Waals surface area contributed by atoms with E-state index in [1.165, 1.54) is 0 Å². The summed E-state index contributed by atoms with van der Waals surface area (Å²) in [5, 5.41) is 12.1. The van der Waals surface area contributed by atoms with E-state index in [-0.39, 0.29) is 0 Å². The molecule has 0 fully saturated rings. The Labute approximate surface area is 100 Å². The molecule has 1 heterocycles. The summed E-state index contributed by atoms with van der Waals surface area (Å²) in [5.41, 5.74) is 6.74. The third-order valence-electron chi connectivity index (χ3n) is 2.31. The summed E-state index contributed by atoms with van der Waals surface area (Å²) in [7, 11) is 0. The normalized spacial score (nSPS) is 11.8. The molecule has 86 valence electrons. The van der Waals surface area contributed by atoms with Crippen molar-refractivity contribution in [2.75, 3.05) is 23.1 Å². The van der Waals surface area contributed by atoms with Crippen LogP contribution in [0.4, 0.5) is 11.5 Å². The molecule has 1 atom stereocenters. The van der Waals surface area contributed by atoms with Gasteiger partial charge in [0.25, 0.3) is 0 Å². The fourth-order valence-corrected chi connectivity index (χ4v) is 2.06. The predicted octanol–water partition coefficient (Wildman–Crippen LogP) is 2.09. The van der Waals surface area contributed by atoms with E-state index in [2.05, 4.69) is 23.5 Å². The van der Waals surface area contributed by atoms with Gasteiger partial charge in [0.1, 0.15) is 6.07 Å². The maximum absolute atomic E-state index is 8.85. The first-order chi connectivity index (χ1) is 7.72. The van der Waals surface area contributed by atoms with E-state index >= 15 is 0 Å².